The molecular formula is C17H21NO. The van der Waals surface area contributed by atoms with Crippen LogP contribution in [0.2, 0.25) is 0 Å². The van der Waals surface area contributed by atoms with Gasteiger partial charge in [0.25, 0.3) is 0 Å². The molecule has 0 saturated heterocycles. The molecule has 2 aromatic carbocycles. The Morgan fingerprint density at radius 1 is 0.947 bits per heavy atom. The Balaban J connectivity index is 1.70. The molecule has 0 bridgehead atoms. The maximum absolute atomic E-state index is 5.70. The number of aryl methyl sites for hydroxylation is 1. The third kappa shape index (κ3) is 4.66. The van der Waals surface area contributed by atoms with Gasteiger partial charge in [0.15, 0.2) is 0 Å². The molecule has 0 atom stereocenters. The van der Waals surface area contributed by atoms with Crippen LogP contribution >= 0.6 is 0 Å². The number of rotatable bonds is 7. The van der Waals surface area contributed by atoms with E-state index in [1.54, 1.807) is 0 Å². The van der Waals surface area contributed by atoms with Crippen LogP contribution in [-0.2, 0) is 6.42 Å². The summed E-state index contributed by atoms with van der Waals surface area (Å²) in [5.41, 5.74) is 2.50. The highest BCUT2D eigenvalue weighted by molar-refractivity contribution is 5.42. The average Bonchev–Trinajstić information content (AvgIpc) is 2.47. The Kier molecular flexibility index (Phi) is 5.30. The summed E-state index contributed by atoms with van der Waals surface area (Å²) in [5.74, 6) is 0.940. The van der Waals surface area contributed by atoms with E-state index in [0.29, 0.717) is 6.61 Å². The molecule has 0 aliphatic heterocycles. The van der Waals surface area contributed by atoms with Crippen LogP contribution in [0.5, 0.6) is 5.75 Å². The lowest BCUT2D eigenvalue weighted by Gasteiger charge is -2.09. The summed E-state index contributed by atoms with van der Waals surface area (Å²) in [4.78, 5) is 0. The molecule has 1 N–H and O–H groups in total. The van der Waals surface area contributed by atoms with Gasteiger partial charge >= 0.3 is 0 Å². The first kappa shape index (κ1) is 13.5. The predicted octanol–water partition coefficient (Wildman–Crippen LogP) is 4.13. The highest BCUT2D eigenvalue weighted by atomic mass is 16.5. The zero-order chi connectivity index (χ0) is 13.3. The Labute approximate surface area is 115 Å². The van der Waals surface area contributed by atoms with Crippen molar-refractivity contribution in [2.24, 2.45) is 0 Å². The first-order valence-electron chi connectivity index (χ1n) is 6.89. The standard InChI is InChI=1S/C17H21NO/c1-2-6-15-9-11-17(12-10-15)19-14-13-18-16-7-4-3-5-8-16/h3-5,7-12,18H,2,6,13-14H2,1H3. The number of hydrogen-bond acceptors (Lipinski definition) is 2. The second kappa shape index (κ2) is 7.47. The summed E-state index contributed by atoms with van der Waals surface area (Å²) in [6.07, 6.45) is 2.32. The monoisotopic (exact) mass is 255 g/mol. The molecule has 0 spiro atoms. The van der Waals surface area contributed by atoms with Crippen LogP contribution in [0.25, 0.3) is 0 Å². The van der Waals surface area contributed by atoms with Crippen molar-refractivity contribution in [2.45, 2.75) is 19.8 Å². The number of anilines is 1. The van der Waals surface area contributed by atoms with Gasteiger partial charge in [0.2, 0.25) is 0 Å². The van der Waals surface area contributed by atoms with Crippen molar-refractivity contribution in [2.75, 3.05) is 18.5 Å². The van der Waals surface area contributed by atoms with Gasteiger partial charge < -0.3 is 10.1 Å². The van der Waals surface area contributed by atoms with Crippen LogP contribution in [0.15, 0.2) is 54.6 Å². The number of para-hydroxylation sites is 1. The Bertz CT molecular complexity index is 464. The lowest BCUT2D eigenvalue weighted by Crippen LogP contribution is -2.11. The fraction of sp³-hybridized carbons (Fsp3) is 0.294. The number of benzene rings is 2. The Morgan fingerprint density at radius 2 is 1.68 bits per heavy atom. The summed E-state index contributed by atoms with van der Waals surface area (Å²) < 4.78 is 5.70. The van der Waals surface area contributed by atoms with E-state index in [2.05, 4.69) is 36.5 Å². The molecular weight excluding hydrogens is 234 g/mol. The molecule has 100 valence electrons. The van der Waals surface area contributed by atoms with E-state index in [-0.39, 0.29) is 0 Å². The van der Waals surface area contributed by atoms with Crippen LogP contribution in [0, 0.1) is 0 Å². The lowest BCUT2D eigenvalue weighted by atomic mass is 10.1. The van der Waals surface area contributed by atoms with Gasteiger partial charge in [-0.25, -0.2) is 0 Å². The molecule has 0 radical (unpaired) electrons. The molecule has 0 unspecified atom stereocenters. The lowest BCUT2D eigenvalue weighted by molar-refractivity contribution is 0.333. The molecule has 0 aromatic heterocycles. The zero-order valence-electron chi connectivity index (χ0n) is 11.4. The van der Waals surface area contributed by atoms with Crippen LogP contribution in [0.3, 0.4) is 0 Å². The number of ether oxygens (including phenoxy) is 1. The van der Waals surface area contributed by atoms with E-state index in [1.807, 2.05) is 30.3 Å². The van der Waals surface area contributed by atoms with Gasteiger partial charge in [-0.3, -0.25) is 0 Å². The molecule has 0 saturated carbocycles. The van der Waals surface area contributed by atoms with Crippen LogP contribution in [-0.4, -0.2) is 13.2 Å². The molecule has 2 nitrogen and oxygen atoms in total. The third-order valence-electron chi connectivity index (χ3n) is 2.94. The van der Waals surface area contributed by atoms with E-state index in [4.69, 9.17) is 4.74 Å². The molecule has 19 heavy (non-hydrogen) atoms. The van der Waals surface area contributed by atoms with E-state index in [9.17, 15) is 0 Å². The topological polar surface area (TPSA) is 21.3 Å². The minimum absolute atomic E-state index is 0.669. The van der Waals surface area contributed by atoms with Crippen LogP contribution in [0.4, 0.5) is 5.69 Å². The van der Waals surface area contributed by atoms with Crippen LogP contribution in [0.1, 0.15) is 18.9 Å². The second-order valence-corrected chi connectivity index (χ2v) is 4.54. The molecule has 0 aliphatic carbocycles. The molecule has 0 amide bonds. The minimum Gasteiger partial charge on any atom is -0.492 e. The summed E-state index contributed by atoms with van der Waals surface area (Å²) in [7, 11) is 0. The van der Waals surface area contributed by atoms with E-state index >= 15 is 0 Å². The maximum Gasteiger partial charge on any atom is 0.119 e. The zero-order valence-corrected chi connectivity index (χ0v) is 11.4. The normalized spacial score (nSPS) is 10.2. The minimum atomic E-state index is 0.669. The molecule has 2 rings (SSSR count). The average molecular weight is 255 g/mol. The fourth-order valence-electron chi connectivity index (χ4n) is 1.96. The Hall–Kier alpha value is -1.96. The smallest absolute Gasteiger partial charge is 0.119 e. The van der Waals surface area contributed by atoms with Crippen molar-refractivity contribution in [3.05, 3.63) is 60.2 Å². The van der Waals surface area contributed by atoms with E-state index < -0.39 is 0 Å². The fourth-order valence-corrected chi connectivity index (χ4v) is 1.96. The van der Waals surface area contributed by atoms with Crippen molar-refractivity contribution < 1.29 is 4.74 Å². The van der Waals surface area contributed by atoms with Gasteiger partial charge in [-0.05, 0) is 36.2 Å². The molecule has 0 heterocycles. The van der Waals surface area contributed by atoms with Gasteiger partial charge in [0.1, 0.15) is 12.4 Å². The van der Waals surface area contributed by atoms with E-state index in [0.717, 1.165) is 24.4 Å². The molecule has 0 fully saturated rings. The van der Waals surface area contributed by atoms with E-state index in [1.165, 1.54) is 12.0 Å². The summed E-state index contributed by atoms with van der Waals surface area (Å²) in [6.45, 7) is 3.67. The number of nitrogens with one attached hydrogen (secondary N) is 1. The SMILES string of the molecule is CCCc1ccc(OCCNc2ccccc2)cc1. The predicted molar refractivity (Wildman–Crippen MR) is 80.9 cm³/mol. The van der Waals surface area contributed by atoms with Crippen molar-refractivity contribution in [1.82, 2.24) is 0 Å². The first-order chi connectivity index (χ1) is 9.38. The van der Waals surface area contributed by atoms with Crippen molar-refractivity contribution in [3.8, 4) is 5.75 Å². The van der Waals surface area contributed by atoms with Gasteiger partial charge in [-0.2, -0.15) is 0 Å². The second-order valence-electron chi connectivity index (χ2n) is 4.54. The first-order valence-corrected chi connectivity index (χ1v) is 6.89. The van der Waals surface area contributed by atoms with Gasteiger partial charge in [0, 0.05) is 12.2 Å². The summed E-state index contributed by atoms with van der Waals surface area (Å²) >= 11 is 0. The third-order valence-corrected chi connectivity index (χ3v) is 2.94. The number of hydrogen-bond donors (Lipinski definition) is 1. The van der Waals surface area contributed by atoms with Crippen molar-refractivity contribution in [3.63, 3.8) is 0 Å². The molecule has 2 heteroatoms. The molecule has 0 aliphatic rings. The van der Waals surface area contributed by atoms with Gasteiger partial charge in [0.05, 0.1) is 0 Å². The van der Waals surface area contributed by atoms with Crippen molar-refractivity contribution in [1.29, 1.82) is 0 Å². The van der Waals surface area contributed by atoms with Gasteiger partial charge in [-0.1, -0.05) is 43.7 Å². The maximum atomic E-state index is 5.70. The largest absolute Gasteiger partial charge is 0.492 e. The quantitative estimate of drug-likeness (QED) is 0.751. The summed E-state index contributed by atoms with van der Waals surface area (Å²) in [5, 5.41) is 3.32. The highest BCUT2D eigenvalue weighted by Crippen LogP contribution is 2.13. The Morgan fingerprint density at radius 3 is 2.37 bits per heavy atom. The van der Waals surface area contributed by atoms with Crippen molar-refractivity contribution >= 4 is 5.69 Å². The summed E-state index contributed by atoms with van der Waals surface area (Å²) in [6, 6.07) is 18.6. The highest BCUT2D eigenvalue weighted by Gasteiger charge is 1.95. The van der Waals surface area contributed by atoms with Gasteiger partial charge in [-0.15, -0.1) is 0 Å². The molecule has 2 aromatic rings. The van der Waals surface area contributed by atoms with Crippen LogP contribution < -0.4 is 10.1 Å².